The Kier molecular flexibility index (Phi) is 4.91. The number of aromatic amines is 1. The molecule has 3 aromatic heterocycles. The number of carbonyl (C=O) groups is 1. The van der Waals surface area contributed by atoms with Crippen molar-refractivity contribution in [3.05, 3.63) is 65.2 Å². The van der Waals surface area contributed by atoms with Crippen LogP contribution in [0.2, 0.25) is 0 Å². The Hall–Kier alpha value is -3.36. The Bertz CT molecular complexity index is 1300. The number of aromatic nitrogens is 4. The number of likely N-dealkylation sites (tertiary alicyclic amines) is 1. The molecular formula is C23H22F3N5O. The van der Waals surface area contributed by atoms with Gasteiger partial charge in [0.25, 0.3) is 0 Å². The first kappa shape index (κ1) is 20.5. The van der Waals surface area contributed by atoms with Crippen LogP contribution in [0.5, 0.6) is 0 Å². The fourth-order valence-corrected chi connectivity index (χ4v) is 4.50. The summed E-state index contributed by atoms with van der Waals surface area (Å²) < 4.78 is 41.6. The van der Waals surface area contributed by atoms with Crippen LogP contribution >= 0.6 is 0 Å². The first-order chi connectivity index (χ1) is 15.3. The van der Waals surface area contributed by atoms with Gasteiger partial charge in [-0.3, -0.25) is 4.79 Å². The van der Waals surface area contributed by atoms with Crippen molar-refractivity contribution in [3.8, 4) is 0 Å². The molecule has 1 N–H and O–H groups in total. The maximum Gasteiger partial charge on any atom is 0.433 e. The summed E-state index contributed by atoms with van der Waals surface area (Å²) in [4.78, 5) is 22.3. The van der Waals surface area contributed by atoms with Crippen LogP contribution in [-0.4, -0.2) is 43.5 Å². The topological polar surface area (TPSA) is 66.3 Å². The Morgan fingerprint density at radius 1 is 1.19 bits per heavy atom. The van der Waals surface area contributed by atoms with Crippen LogP contribution in [-0.2, 0) is 17.4 Å². The number of para-hydroxylation sites is 1. The predicted octanol–water partition coefficient (Wildman–Crippen LogP) is 4.49. The molecule has 0 unspecified atom stereocenters. The lowest BCUT2D eigenvalue weighted by Crippen LogP contribution is -2.39. The van der Waals surface area contributed by atoms with Crippen molar-refractivity contribution in [2.75, 3.05) is 13.1 Å². The number of benzene rings is 1. The largest absolute Gasteiger partial charge is 0.433 e. The standard InChI is InChI=1S/C23H22F3N5O/c1-14-10-21-28-19(12-20(23(24,25)26)31(21)29-14)15-6-8-30(9-7-15)22(32)11-16-13-27-18-5-3-2-4-17(16)18/h2-5,10,12-13,15,27H,6-9,11H2,1H3. The van der Waals surface area contributed by atoms with Crippen molar-refractivity contribution >= 4 is 22.5 Å². The molecule has 5 rings (SSSR count). The van der Waals surface area contributed by atoms with E-state index >= 15 is 0 Å². The quantitative estimate of drug-likeness (QED) is 0.510. The van der Waals surface area contributed by atoms with Gasteiger partial charge in [-0.2, -0.15) is 18.3 Å². The van der Waals surface area contributed by atoms with Gasteiger partial charge in [0.15, 0.2) is 5.65 Å². The van der Waals surface area contributed by atoms with E-state index in [-0.39, 0.29) is 17.5 Å². The van der Waals surface area contributed by atoms with Gasteiger partial charge >= 0.3 is 6.18 Å². The Labute approximate surface area is 182 Å². The van der Waals surface area contributed by atoms with Gasteiger partial charge in [0, 0.05) is 47.9 Å². The van der Waals surface area contributed by atoms with E-state index in [0.717, 1.165) is 27.0 Å². The number of H-pyrrole nitrogens is 1. The average Bonchev–Trinajstić information content (AvgIpc) is 3.35. The molecule has 0 bridgehead atoms. The first-order valence-electron chi connectivity index (χ1n) is 10.6. The number of piperidine rings is 1. The number of hydrogen-bond acceptors (Lipinski definition) is 3. The van der Waals surface area contributed by atoms with Crippen LogP contribution in [0.4, 0.5) is 13.2 Å². The summed E-state index contributed by atoms with van der Waals surface area (Å²) in [7, 11) is 0. The zero-order valence-electron chi connectivity index (χ0n) is 17.5. The number of fused-ring (bicyclic) bond motifs is 2. The number of hydrogen-bond donors (Lipinski definition) is 1. The van der Waals surface area contributed by atoms with E-state index in [1.807, 2.05) is 30.5 Å². The van der Waals surface area contributed by atoms with Gasteiger partial charge in [-0.1, -0.05) is 18.2 Å². The maximum absolute atomic E-state index is 13.6. The van der Waals surface area contributed by atoms with E-state index in [1.165, 1.54) is 0 Å². The SMILES string of the molecule is Cc1cc2nc(C3CCN(C(=O)Cc4c[nH]c5ccccc45)CC3)cc(C(F)(F)F)n2n1. The molecule has 1 aliphatic heterocycles. The minimum absolute atomic E-state index is 0.0269. The highest BCUT2D eigenvalue weighted by atomic mass is 19.4. The number of amides is 1. The van der Waals surface area contributed by atoms with Gasteiger partial charge in [-0.15, -0.1) is 0 Å². The molecule has 0 radical (unpaired) electrons. The third-order valence-corrected chi connectivity index (χ3v) is 6.14. The highest BCUT2D eigenvalue weighted by Crippen LogP contribution is 2.34. The minimum Gasteiger partial charge on any atom is -0.361 e. The van der Waals surface area contributed by atoms with Crippen molar-refractivity contribution in [3.63, 3.8) is 0 Å². The molecule has 166 valence electrons. The van der Waals surface area contributed by atoms with E-state index in [9.17, 15) is 18.0 Å². The van der Waals surface area contributed by atoms with Crippen molar-refractivity contribution in [2.24, 2.45) is 0 Å². The monoisotopic (exact) mass is 441 g/mol. The molecule has 0 aliphatic carbocycles. The van der Waals surface area contributed by atoms with Crippen molar-refractivity contribution in [1.82, 2.24) is 24.5 Å². The molecule has 1 aromatic carbocycles. The highest BCUT2D eigenvalue weighted by molar-refractivity contribution is 5.88. The predicted molar refractivity (Wildman–Crippen MR) is 113 cm³/mol. The second-order valence-electron chi connectivity index (χ2n) is 8.31. The van der Waals surface area contributed by atoms with Crippen molar-refractivity contribution in [2.45, 2.75) is 38.3 Å². The van der Waals surface area contributed by atoms with Gasteiger partial charge in [0.1, 0.15) is 5.69 Å². The number of nitrogens with zero attached hydrogens (tertiary/aromatic N) is 4. The normalized spacial score (nSPS) is 15.7. The summed E-state index contributed by atoms with van der Waals surface area (Å²) in [6.07, 6.45) is -1.21. The summed E-state index contributed by atoms with van der Waals surface area (Å²) in [6.45, 7) is 2.64. The molecule has 0 saturated carbocycles. The van der Waals surface area contributed by atoms with Gasteiger partial charge in [0.05, 0.1) is 12.1 Å². The van der Waals surface area contributed by atoms with Gasteiger partial charge < -0.3 is 9.88 Å². The van der Waals surface area contributed by atoms with E-state index in [2.05, 4.69) is 15.1 Å². The molecule has 1 aliphatic rings. The molecule has 6 nitrogen and oxygen atoms in total. The molecule has 1 amide bonds. The second kappa shape index (κ2) is 7.65. The van der Waals surface area contributed by atoms with Crippen LogP contribution in [0.1, 0.15) is 41.4 Å². The highest BCUT2D eigenvalue weighted by Gasteiger charge is 2.36. The fourth-order valence-electron chi connectivity index (χ4n) is 4.50. The number of rotatable bonds is 3. The smallest absolute Gasteiger partial charge is 0.361 e. The van der Waals surface area contributed by atoms with Gasteiger partial charge in [-0.05, 0) is 37.5 Å². The molecule has 1 saturated heterocycles. The van der Waals surface area contributed by atoms with Crippen molar-refractivity contribution < 1.29 is 18.0 Å². The second-order valence-corrected chi connectivity index (χ2v) is 8.31. The molecule has 9 heteroatoms. The van der Waals surface area contributed by atoms with Crippen LogP contribution in [0.25, 0.3) is 16.6 Å². The van der Waals surface area contributed by atoms with Crippen LogP contribution < -0.4 is 0 Å². The molecule has 4 aromatic rings. The average molecular weight is 441 g/mol. The van der Waals surface area contributed by atoms with Gasteiger partial charge in [-0.25, -0.2) is 9.50 Å². The Morgan fingerprint density at radius 3 is 2.69 bits per heavy atom. The first-order valence-corrected chi connectivity index (χ1v) is 10.6. The Balaban J connectivity index is 1.31. The summed E-state index contributed by atoms with van der Waals surface area (Å²) in [5, 5.41) is 4.97. The summed E-state index contributed by atoms with van der Waals surface area (Å²) in [6, 6.07) is 10.5. The molecule has 32 heavy (non-hydrogen) atoms. The lowest BCUT2D eigenvalue weighted by atomic mass is 9.92. The number of carbonyl (C=O) groups excluding carboxylic acids is 1. The fraction of sp³-hybridized carbons (Fsp3) is 0.348. The van der Waals surface area contributed by atoms with E-state index in [1.54, 1.807) is 17.9 Å². The van der Waals surface area contributed by atoms with E-state index in [4.69, 9.17) is 0 Å². The molecule has 0 atom stereocenters. The third-order valence-electron chi connectivity index (χ3n) is 6.14. The number of aryl methyl sites for hydroxylation is 1. The van der Waals surface area contributed by atoms with Gasteiger partial charge in [0.2, 0.25) is 5.91 Å². The molecule has 4 heterocycles. The lowest BCUT2D eigenvalue weighted by molar-refractivity contribution is -0.142. The number of alkyl halides is 3. The zero-order chi connectivity index (χ0) is 22.5. The van der Waals surface area contributed by atoms with E-state index in [0.29, 0.717) is 43.7 Å². The summed E-state index contributed by atoms with van der Waals surface area (Å²) in [5.74, 6) is -0.104. The minimum atomic E-state index is -4.52. The zero-order valence-corrected chi connectivity index (χ0v) is 17.5. The number of nitrogens with one attached hydrogen (secondary N) is 1. The Morgan fingerprint density at radius 2 is 1.94 bits per heavy atom. The lowest BCUT2D eigenvalue weighted by Gasteiger charge is -2.32. The maximum atomic E-state index is 13.6. The van der Waals surface area contributed by atoms with Crippen LogP contribution in [0.3, 0.4) is 0 Å². The number of halogens is 3. The molecule has 0 spiro atoms. The summed E-state index contributed by atoms with van der Waals surface area (Å²) in [5.41, 5.74) is 2.22. The third kappa shape index (κ3) is 3.72. The van der Waals surface area contributed by atoms with E-state index < -0.39 is 11.9 Å². The van der Waals surface area contributed by atoms with Crippen LogP contribution in [0.15, 0.2) is 42.6 Å². The molecular weight excluding hydrogens is 419 g/mol. The molecule has 1 fully saturated rings. The van der Waals surface area contributed by atoms with Crippen molar-refractivity contribution in [1.29, 1.82) is 0 Å². The van der Waals surface area contributed by atoms with Crippen LogP contribution in [0, 0.1) is 6.92 Å². The summed E-state index contributed by atoms with van der Waals surface area (Å²) >= 11 is 0.